The van der Waals surface area contributed by atoms with E-state index in [4.69, 9.17) is 0 Å². The van der Waals surface area contributed by atoms with Gasteiger partial charge in [0.2, 0.25) is 11.7 Å². The monoisotopic (exact) mass is 418 g/mol. The fraction of sp³-hybridized carbons (Fsp3) is 0.350. The summed E-state index contributed by atoms with van der Waals surface area (Å²) in [5, 5.41) is 12.6. The van der Waals surface area contributed by atoms with Crippen molar-refractivity contribution < 1.29 is 18.0 Å². The Kier molecular flexibility index (Phi) is 5.04. The molecular weight excluding hydrogens is 401 g/mol. The number of rotatable bonds is 3. The summed E-state index contributed by atoms with van der Waals surface area (Å²) >= 11 is 1.35. The van der Waals surface area contributed by atoms with Gasteiger partial charge in [-0.2, -0.15) is 18.4 Å². The number of hydrogen-bond acceptors (Lipinski definition) is 4. The molecule has 1 N–H and O–H groups in total. The molecule has 1 aliphatic rings. The summed E-state index contributed by atoms with van der Waals surface area (Å²) in [5.74, 6) is -1.73. The lowest BCUT2D eigenvalue weighted by Gasteiger charge is -2.11. The number of nitrogens with zero attached hydrogens (tertiary/aromatic N) is 3. The fourth-order valence-corrected chi connectivity index (χ4v) is 4.97. The molecule has 9 heteroatoms. The quantitative estimate of drug-likeness (QED) is 0.616. The number of thiophene rings is 1. The molecule has 0 aliphatic heterocycles. The van der Waals surface area contributed by atoms with Gasteiger partial charge in [-0.15, -0.1) is 11.3 Å². The normalized spacial score (nSPS) is 14.3. The number of para-hydroxylation sites is 2. The van der Waals surface area contributed by atoms with Crippen LogP contribution in [0.4, 0.5) is 18.2 Å². The number of imidazole rings is 1. The van der Waals surface area contributed by atoms with Crippen LogP contribution < -0.4 is 5.32 Å². The Hall–Kier alpha value is -2.86. The highest BCUT2D eigenvalue weighted by Gasteiger charge is 2.38. The molecule has 4 rings (SSSR count). The lowest BCUT2D eigenvalue weighted by Crippen LogP contribution is -2.23. The molecule has 29 heavy (non-hydrogen) atoms. The molecule has 1 amide bonds. The third-order valence-corrected chi connectivity index (χ3v) is 6.20. The van der Waals surface area contributed by atoms with Crippen LogP contribution in [0.5, 0.6) is 0 Å². The first-order chi connectivity index (χ1) is 13.9. The van der Waals surface area contributed by atoms with E-state index >= 15 is 0 Å². The number of aryl methyl sites for hydroxylation is 1. The van der Waals surface area contributed by atoms with Crippen molar-refractivity contribution in [2.24, 2.45) is 0 Å². The third-order valence-electron chi connectivity index (χ3n) is 5.00. The standard InChI is InChI=1S/C20H17F3N4OS/c21-20(22,23)19-25-14-7-4-5-8-15(14)27(19)11-17(28)26-18-13(10-24)12-6-2-1-3-9-16(12)29-18/h4-5,7-8H,1-3,6,9,11H2,(H,26,28). The van der Waals surface area contributed by atoms with Gasteiger partial charge in [0.1, 0.15) is 17.6 Å². The number of aromatic nitrogens is 2. The third kappa shape index (κ3) is 3.72. The lowest BCUT2D eigenvalue weighted by molar-refractivity contribution is -0.147. The maximum Gasteiger partial charge on any atom is 0.449 e. The number of halogens is 3. The number of fused-ring (bicyclic) bond motifs is 2. The predicted molar refractivity (Wildman–Crippen MR) is 104 cm³/mol. The Morgan fingerprint density at radius 1 is 1.24 bits per heavy atom. The summed E-state index contributed by atoms with van der Waals surface area (Å²) in [6, 6.07) is 8.33. The SMILES string of the molecule is N#Cc1c(NC(=O)Cn2c(C(F)(F)F)nc3ccccc32)sc2c1CCCCC2. The van der Waals surface area contributed by atoms with Crippen molar-refractivity contribution in [3.8, 4) is 6.07 Å². The molecule has 1 aliphatic carbocycles. The smallest absolute Gasteiger partial charge is 0.315 e. The van der Waals surface area contributed by atoms with Crippen molar-refractivity contribution in [3.05, 3.63) is 46.1 Å². The van der Waals surface area contributed by atoms with Gasteiger partial charge in [-0.3, -0.25) is 4.79 Å². The van der Waals surface area contributed by atoms with Crippen LogP contribution in [0.25, 0.3) is 11.0 Å². The topological polar surface area (TPSA) is 70.7 Å². The average Bonchev–Trinajstić information content (AvgIpc) is 3.10. The van der Waals surface area contributed by atoms with Crippen molar-refractivity contribution in [1.29, 1.82) is 5.26 Å². The maximum absolute atomic E-state index is 13.4. The van der Waals surface area contributed by atoms with Gasteiger partial charge in [0.15, 0.2) is 0 Å². The fourth-order valence-electron chi connectivity index (χ4n) is 3.71. The van der Waals surface area contributed by atoms with Crippen LogP contribution in [0.1, 0.15) is 41.1 Å². The molecule has 5 nitrogen and oxygen atoms in total. The molecule has 0 bridgehead atoms. The van der Waals surface area contributed by atoms with Crippen molar-refractivity contribution in [2.45, 2.75) is 44.8 Å². The zero-order valence-electron chi connectivity index (χ0n) is 15.3. The summed E-state index contributed by atoms with van der Waals surface area (Å²) in [5.41, 5.74) is 1.81. The molecule has 0 unspecified atom stereocenters. The summed E-state index contributed by atoms with van der Waals surface area (Å²) in [4.78, 5) is 17.4. The van der Waals surface area contributed by atoms with Gasteiger partial charge < -0.3 is 9.88 Å². The van der Waals surface area contributed by atoms with E-state index in [2.05, 4.69) is 16.4 Å². The van der Waals surface area contributed by atoms with E-state index in [0.29, 0.717) is 10.6 Å². The molecule has 3 aromatic rings. The van der Waals surface area contributed by atoms with Crippen molar-refractivity contribution in [2.75, 3.05) is 5.32 Å². The molecule has 150 valence electrons. The molecule has 0 spiro atoms. The minimum absolute atomic E-state index is 0.174. The predicted octanol–water partition coefficient (Wildman–Crippen LogP) is 4.90. The second-order valence-corrected chi connectivity index (χ2v) is 8.04. The zero-order chi connectivity index (χ0) is 20.6. The number of nitriles is 1. The van der Waals surface area contributed by atoms with Gasteiger partial charge >= 0.3 is 6.18 Å². The van der Waals surface area contributed by atoms with Crippen LogP contribution in [-0.4, -0.2) is 15.5 Å². The van der Waals surface area contributed by atoms with E-state index in [1.165, 1.54) is 23.5 Å². The molecular formula is C20H17F3N4OS. The van der Waals surface area contributed by atoms with Gasteiger partial charge in [0, 0.05) is 4.88 Å². The van der Waals surface area contributed by atoms with E-state index in [9.17, 15) is 23.2 Å². The molecule has 2 heterocycles. The summed E-state index contributed by atoms with van der Waals surface area (Å²) < 4.78 is 41.1. The zero-order valence-corrected chi connectivity index (χ0v) is 16.2. The van der Waals surface area contributed by atoms with Crippen molar-refractivity contribution in [3.63, 3.8) is 0 Å². The average molecular weight is 418 g/mol. The molecule has 2 aromatic heterocycles. The summed E-state index contributed by atoms with van der Waals surface area (Å²) in [6.07, 6.45) is 0.0761. The molecule has 0 fully saturated rings. The number of carbonyl (C=O) groups excluding carboxylic acids is 1. The van der Waals surface area contributed by atoms with Crippen LogP contribution in [0.15, 0.2) is 24.3 Å². The summed E-state index contributed by atoms with van der Waals surface area (Å²) in [6.45, 7) is -0.539. The molecule has 0 saturated carbocycles. The highest BCUT2D eigenvalue weighted by molar-refractivity contribution is 7.16. The Balaban J connectivity index is 1.64. The maximum atomic E-state index is 13.4. The van der Waals surface area contributed by atoms with Gasteiger partial charge in [-0.1, -0.05) is 18.6 Å². The summed E-state index contributed by atoms with van der Waals surface area (Å²) in [7, 11) is 0. The van der Waals surface area contributed by atoms with E-state index in [0.717, 1.165) is 47.1 Å². The van der Waals surface area contributed by atoms with Gasteiger partial charge in [-0.05, 0) is 43.4 Å². The second kappa shape index (κ2) is 7.52. The molecule has 0 radical (unpaired) electrons. The van der Waals surface area contributed by atoms with Crippen LogP contribution in [0.3, 0.4) is 0 Å². The van der Waals surface area contributed by atoms with E-state index in [-0.39, 0.29) is 11.0 Å². The van der Waals surface area contributed by atoms with Crippen LogP contribution in [-0.2, 0) is 30.4 Å². The number of carbonyl (C=O) groups is 1. The highest BCUT2D eigenvalue weighted by Crippen LogP contribution is 2.37. The van der Waals surface area contributed by atoms with Crippen molar-refractivity contribution in [1.82, 2.24) is 9.55 Å². The Morgan fingerprint density at radius 2 is 2.00 bits per heavy atom. The number of nitrogens with one attached hydrogen (secondary N) is 1. The van der Waals surface area contributed by atoms with Crippen LogP contribution in [0.2, 0.25) is 0 Å². The first-order valence-electron chi connectivity index (χ1n) is 9.25. The van der Waals surface area contributed by atoms with Crippen LogP contribution >= 0.6 is 11.3 Å². The van der Waals surface area contributed by atoms with Crippen molar-refractivity contribution >= 4 is 33.3 Å². The second-order valence-electron chi connectivity index (χ2n) is 6.94. The van der Waals surface area contributed by atoms with Gasteiger partial charge in [-0.25, -0.2) is 4.98 Å². The number of alkyl halides is 3. The Labute approximate surface area is 168 Å². The minimum Gasteiger partial charge on any atom is -0.315 e. The Bertz CT molecular complexity index is 1120. The van der Waals surface area contributed by atoms with Gasteiger partial charge in [0.25, 0.3) is 0 Å². The number of anilines is 1. The van der Waals surface area contributed by atoms with Gasteiger partial charge in [0.05, 0.1) is 16.6 Å². The van der Waals surface area contributed by atoms with Crippen LogP contribution in [0, 0.1) is 11.3 Å². The first-order valence-corrected chi connectivity index (χ1v) is 10.1. The first kappa shape index (κ1) is 19.5. The lowest BCUT2D eigenvalue weighted by atomic mass is 10.1. The number of benzene rings is 1. The van der Waals surface area contributed by atoms with E-state index in [1.54, 1.807) is 12.1 Å². The van der Waals surface area contributed by atoms with E-state index in [1.807, 2.05) is 0 Å². The molecule has 0 atom stereocenters. The molecule has 1 aromatic carbocycles. The number of amides is 1. The number of hydrogen-bond donors (Lipinski definition) is 1. The Morgan fingerprint density at radius 3 is 2.76 bits per heavy atom. The molecule has 0 saturated heterocycles. The minimum atomic E-state index is -4.68. The highest BCUT2D eigenvalue weighted by atomic mass is 32.1. The largest absolute Gasteiger partial charge is 0.449 e. The van der Waals surface area contributed by atoms with E-state index < -0.39 is 24.5 Å².